The second kappa shape index (κ2) is 9.23. The van der Waals surface area contributed by atoms with E-state index >= 15 is 0 Å². The fourth-order valence-corrected chi connectivity index (χ4v) is 3.31. The van der Waals surface area contributed by atoms with E-state index in [2.05, 4.69) is 35.3 Å². The first-order valence-electron chi connectivity index (χ1n) is 10.3. The number of nitriles is 1. The number of unbranched alkanes of at least 4 members (excludes halogenated alkanes) is 3. The molecule has 0 N–H and O–H groups in total. The van der Waals surface area contributed by atoms with Gasteiger partial charge in [0.05, 0.1) is 18.2 Å². The number of hydrogen-bond donors (Lipinski definition) is 0. The maximum atomic E-state index is 8.92. The average molecular weight is 397 g/mol. The Hall–Kier alpha value is -3.65. The van der Waals surface area contributed by atoms with Crippen molar-refractivity contribution >= 4 is 10.8 Å². The fraction of sp³-hybridized carbons (Fsp3) is 0.240. The molecule has 5 nitrogen and oxygen atoms in total. The molecule has 5 heteroatoms. The lowest BCUT2D eigenvalue weighted by Crippen LogP contribution is -1.97. The summed E-state index contributed by atoms with van der Waals surface area (Å²) in [5.41, 5.74) is 2.25. The summed E-state index contributed by atoms with van der Waals surface area (Å²) in [5, 5.41) is 19.5. The molecule has 1 heterocycles. The smallest absolute Gasteiger partial charge is 0.248 e. The molecular formula is C25H23N3O2. The summed E-state index contributed by atoms with van der Waals surface area (Å²) in [6.45, 7) is 2.96. The highest BCUT2D eigenvalue weighted by Crippen LogP contribution is 2.28. The lowest BCUT2D eigenvalue weighted by molar-refractivity contribution is 0.305. The van der Waals surface area contributed by atoms with Crippen LogP contribution in [0.4, 0.5) is 0 Å². The van der Waals surface area contributed by atoms with E-state index in [-0.39, 0.29) is 0 Å². The predicted octanol–water partition coefficient (Wildman–Crippen LogP) is 6.39. The van der Waals surface area contributed by atoms with Gasteiger partial charge in [-0.05, 0) is 65.7 Å². The molecule has 0 bridgehead atoms. The van der Waals surface area contributed by atoms with E-state index in [1.165, 1.54) is 19.3 Å². The van der Waals surface area contributed by atoms with Gasteiger partial charge in [0.15, 0.2) is 0 Å². The molecule has 0 unspecified atom stereocenters. The van der Waals surface area contributed by atoms with Gasteiger partial charge in [-0.15, -0.1) is 10.2 Å². The van der Waals surface area contributed by atoms with Gasteiger partial charge in [-0.3, -0.25) is 0 Å². The van der Waals surface area contributed by atoms with Crippen molar-refractivity contribution in [2.24, 2.45) is 0 Å². The Morgan fingerprint density at radius 1 is 0.833 bits per heavy atom. The summed E-state index contributed by atoms with van der Waals surface area (Å²) in [6.07, 6.45) is 4.78. The number of ether oxygens (including phenoxy) is 1. The maximum absolute atomic E-state index is 8.92. The number of fused-ring (bicyclic) bond motifs is 1. The number of aromatic nitrogens is 2. The van der Waals surface area contributed by atoms with Crippen molar-refractivity contribution in [2.45, 2.75) is 32.6 Å². The monoisotopic (exact) mass is 397 g/mol. The molecule has 4 rings (SSSR count). The van der Waals surface area contributed by atoms with Crippen LogP contribution in [0, 0.1) is 11.3 Å². The third kappa shape index (κ3) is 4.49. The van der Waals surface area contributed by atoms with Gasteiger partial charge in [0.1, 0.15) is 5.75 Å². The lowest BCUT2D eigenvalue weighted by Gasteiger charge is -2.07. The topological polar surface area (TPSA) is 71.9 Å². The van der Waals surface area contributed by atoms with Crippen LogP contribution in [-0.2, 0) is 0 Å². The third-order valence-electron chi connectivity index (χ3n) is 5.01. The van der Waals surface area contributed by atoms with Crippen LogP contribution >= 0.6 is 0 Å². The summed E-state index contributed by atoms with van der Waals surface area (Å²) in [6, 6.07) is 21.4. The number of nitrogens with zero attached hydrogens (tertiary/aromatic N) is 3. The number of rotatable bonds is 8. The zero-order valence-corrected chi connectivity index (χ0v) is 17.0. The van der Waals surface area contributed by atoms with Gasteiger partial charge in [-0.25, -0.2) is 0 Å². The predicted molar refractivity (Wildman–Crippen MR) is 117 cm³/mol. The zero-order chi connectivity index (χ0) is 20.8. The quantitative estimate of drug-likeness (QED) is 0.322. The number of hydrogen-bond acceptors (Lipinski definition) is 5. The van der Waals surface area contributed by atoms with Crippen molar-refractivity contribution < 1.29 is 9.15 Å². The highest BCUT2D eigenvalue weighted by Gasteiger charge is 2.11. The largest absolute Gasteiger partial charge is 0.494 e. The van der Waals surface area contributed by atoms with Crippen molar-refractivity contribution in [3.63, 3.8) is 0 Å². The molecule has 1 aromatic heterocycles. The lowest BCUT2D eigenvalue weighted by atomic mass is 10.1. The molecule has 0 amide bonds. The zero-order valence-electron chi connectivity index (χ0n) is 17.0. The van der Waals surface area contributed by atoms with Crippen molar-refractivity contribution in [2.75, 3.05) is 6.61 Å². The van der Waals surface area contributed by atoms with Crippen molar-refractivity contribution in [3.8, 4) is 34.7 Å². The van der Waals surface area contributed by atoms with Crippen LogP contribution in [-0.4, -0.2) is 16.8 Å². The minimum atomic E-state index is 0.432. The third-order valence-corrected chi connectivity index (χ3v) is 5.01. The molecule has 0 atom stereocenters. The van der Waals surface area contributed by atoms with Gasteiger partial charge in [0.25, 0.3) is 0 Å². The Morgan fingerprint density at radius 3 is 2.30 bits per heavy atom. The molecule has 0 saturated heterocycles. The Balaban J connectivity index is 1.49. The van der Waals surface area contributed by atoms with Crippen LogP contribution in [0.3, 0.4) is 0 Å². The van der Waals surface area contributed by atoms with Crippen LogP contribution in [0.5, 0.6) is 5.75 Å². The molecule has 30 heavy (non-hydrogen) atoms. The van der Waals surface area contributed by atoms with Gasteiger partial charge in [0, 0.05) is 11.1 Å². The maximum Gasteiger partial charge on any atom is 0.248 e. The molecular weight excluding hydrogens is 374 g/mol. The Bertz CT molecular complexity index is 1170. The van der Waals surface area contributed by atoms with Gasteiger partial charge >= 0.3 is 0 Å². The van der Waals surface area contributed by atoms with Gasteiger partial charge < -0.3 is 9.15 Å². The molecule has 0 saturated carbocycles. The summed E-state index contributed by atoms with van der Waals surface area (Å²) in [5.74, 6) is 1.79. The van der Waals surface area contributed by atoms with E-state index in [4.69, 9.17) is 14.4 Å². The first-order chi connectivity index (χ1) is 14.8. The van der Waals surface area contributed by atoms with Crippen LogP contribution in [0.1, 0.15) is 38.2 Å². The van der Waals surface area contributed by atoms with Gasteiger partial charge in [-0.2, -0.15) is 5.26 Å². The Kier molecular flexibility index (Phi) is 6.05. The Labute approximate surface area is 175 Å². The van der Waals surface area contributed by atoms with Crippen LogP contribution in [0.2, 0.25) is 0 Å². The molecule has 4 aromatic rings. The molecule has 150 valence electrons. The second-order valence-corrected chi connectivity index (χ2v) is 7.23. The SMILES string of the molecule is CCCCCCOc1ccc2cc(-c3nnc(-c4ccc(C#N)cc4)o3)ccc2c1. The van der Waals surface area contributed by atoms with Crippen molar-refractivity contribution in [1.29, 1.82) is 5.26 Å². The minimum Gasteiger partial charge on any atom is -0.494 e. The highest BCUT2D eigenvalue weighted by molar-refractivity contribution is 5.87. The Morgan fingerprint density at radius 2 is 1.53 bits per heavy atom. The van der Waals surface area contributed by atoms with E-state index < -0.39 is 0 Å². The van der Waals surface area contributed by atoms with E-state index in [1.807, 2.05) is 24.3 Å². The average Bonchev–Trinajstić information content (AvgIpc) is 3.29. The van der Waals surface area contributed by atoms with E-state index in [0.717, 1.165) is 40.7 Å². The second-order valence-electron chi connectivity index (χ2n) is 7.23. The van der Waals surface area contributed by atoms with Crippen LogP contribution < -0.4 is 4.74 Å². The van der Waals surface area contributed by atoms with E-state index in [1.54, 1.807) is 24.3 Å². The molecule has 0 fully saturated rings. The fourth-order valence-electron chi connectivity index (χ4n) is 3.31. The van der Waals surface area contributed by atoms with Gasteiger partial charge in [-0.1, -0.05) is 38.3 Å². The highest BCUT2D eigenvalue weighted by atomic mass is 16.5. The van der Waals surface area contributed by atoms with Crippen molar-refractivity contribution in [1.82, 2.24) is 10.2 Å². The van der Waals surface area contributed by atoms with E-state index in [9.17, 15) is 0 Å². The van der Waals surface area contributed by atoms with Crippen LogP contribution in [0.15, 0.2) is 65.1 Å². The van der Waals surface area contributed by atoms with Gasteiger partial charge in [0.2, 0.25) is 11.8 Å². The standard InChI is InChI=1S/C25H23N3O2/c1-2-3-4-5-14-29-23-13-12-20-15-22(11-10-21(20)16-23)25-28-27-24(30-25)19-8-6-18(17-26)7-9-19/h6-13,15-16H,2-5,14H2,1H3. The summed E-state index contributed by atoms with van der Waals surface area (Å²) in [7, 11) is 0. The molecule has 0 radical (unpaired) electrons. The normalized spacial score (nSPS) is 10.8. The first-order valence-corrected chi connectivity index (χ1v) is 10.3. The van der Waals surface area contributed by atoms with E-state index in [0.29, 0.717) is 17.3 Å². The van der Waals surface area contributed by atoms with Crippen molar-refractivity contribution in [3.05, 3.63) is 66.2 Å². The van der Waals surface area contributed by atoms with Crippen LogP contribution in [0.25, 0.3) is 33.7 Å². The molecule has 0 aliphatic carbocycles. The minimum absolute atomic E-state index is 0.432. The summed E-state index contributed by atoms with van der Waals surface area (Å²) >= 11 is 0. The molecule has 0 aliphatic rings. The number of benzene rings is 3. The molecule has 0 spiro atoms. The molecule has 3 aromatic carbocycles. The summed E-state index contributed by atoms with van der Waals surface area (Å²) < 4.78 is 11.7. The molecule has 0 aliphatic heterocycles. The summed E-state index contributed by atoms with van der Waals surface area (Å²) in [4.78, 5) is 0. The first kappa shape index (κ1) is 19.7.